The first-order chi connectivity index (χ1) is 20.3. The van der Waals surface area contributed by atoms with Crippen molar-refractivity contribution in [1.82, 2.24) is 10.2 Å². The second-order valence-electron chi connectivity index (χ2n) is 9.64. The normalized spacial score (nSPS) is 11.8. The number of nitro groups is 1. The third-order valence-corrected chi connectivity index (χ3v) is 8.21. The summed E-state index contributed by atoms with van der Waals surface area (Å²) in [5, 5.41) is 14.9. The number of non-ortho nitro benzene ring substituents is 1. The first kappa shape index (κ1) is 33.6. The van der Waals surface area contributed by atoms with E-state index in [2.05, 4.69) is 5.32 Å². The Kier molecular flexibility index (Phi) is 11.8. The Labute approximate surface area is 260 Å². The Hall–Kier alpha value is -3.87. The number of benzene rings is 3. The number of nitrogens with one attached hydrogen (secondary N) is 1. The molecule has 0 aromatic heterocycles. The molecule has 0 spiro atoms. The van der Waals surface area contributed by atoms with E-state index < -0.39 is 45.0 Å². The number of ether oxygens (including phenoxy) is 1. The van der Waals surface area contributed by atoms with Crippen molar-refractivity contribution in [2.45, 2.75) is 32.4 Å². The maximum absolute atomic E-state index is 14.2. The van der Waals surface area contributed by atoms with Crippen LogP contribution < -0.4 is 14.4 Å². The molecule has 14 heteroatoms. The molecule has 0 heterocycles. The van der Waals surface area contributed by atoms with Crippen LogP contribution in [0.5, 0.6) is 5.75 Å². The summed E-state index contributed by atoms with van der Waals surface area (Å²) in [6.07, 6.45) is 1.63. The van der Waals surface area contributed by atoms with Crippen LogP contribution in [0.2, 0.25) is 10.0 Å². The molecule has 0 aliphatic carbocycles. The summed E-state index contributed by atoms with van der Waals surface area (Å²) in [6, 6.07) is 16.1. The van der Waals surface area contributed by atoms with Crippen molar-refractivity contribution in [3.05, 3.63) is 98.0 Å². The molecule has 43 heavy (non-hydrogen) atoms. The number of halogens is 2. The zero-order valence-corrected chi connectivity index (χ0v) is 26.2. The van der Waals surface area contributed by atoms with Crippen molar-refractivity contribution in [2.24, 2.45) is 0 Å². The average Bonchev–Trinajstić information content (AvgIpc) is 2.96. The van der Waals surface area contributed by atoms with Gasteiger partial charge in [0.15, 0.2) is 0 Å². The average molecular weight is 652 g/mol. The molecule has 1 N–H and O–H groups in total. The summed E-state index contributed by atoms with van der Waals surface area (Å²) in [5.41, 5.74) is 0.633. The van der Waals surface area contributed by atoms with Crippen molar-refractivity contribution in [3.8, 4) is 5.75 Å². The minimum Gasteiger partial charge on any atom is -0.495 e. The van der Waals surface area contributed by atoms with Crippen molar-refractivity contribution in [1.29, 1.82) is 0 Å². The molecule has 11 nitrogen and oxygen atoms in total. The molecule has 3 aromatic carbocycles. The van der Waals surface area contributed by atoms with Gasteiger partial charge in [0, 0.05) is 41.7 Å². The minimum absolute atomic E-state index is 0.00218. The van der Waals surface area contributed by atoms with Crippen molar-refractivity contribution >= 4 is 56.4 Å². The van der Waals surface area contributed by atoms with Crippen LogP contribution in [0.3, 0.4) is 0 Å². The molecule has 2 amide bonds. The van der Waals surface area contributed by atoms with Gasteiger partial charge in [-0.05, 0) is 35.7 Å². The van der Waals surface area contributed by atoms with Gasteiger partial charge in [-0.25, -0.2) is 8.42 Å². The number of carbonyl (C=O) groups excluding carboxylic acids is 2. The van der Waals surface area contributed by atoms with Crippen molar-refractivity contribution in [3.63, 3.8) is 0 Å². The fraction of sp³-hybridized carbons (Fsp3) is 0.310. The van der Waals surface area contributed by atoms with Gasteiger partial charge in [-0.15, -0.1) is 0 Å². The number of nitrogens with zero attached hydrogens (tertiary/aromatic N) is 3. The van der Waals surface area contributed by atoms with Gasteiger partial charge in [-0.2, -0.15) is 0 Å². The largest absolute Gasteiger partial charge is 0.495 e. The molecule has 0 bridgehead atoms. The van der Waals surface area contributed by atoms with Crippen LogP contribution in [-0.4, -0.2) is 62.6 Å². The fourth-order valence-corrected chi connectivity index (χ4v) is 5.65. The molecule has 0 aliphatic heterocycles. The number of rotatable bonds is 14. The van der Waals surface area contributed by atoms with E-state index >= 15 is 0 Å². The Morgan fingerprint density at radius 3 is 2.35 bits per heavy atom. The summed E-state index contributed by atoms with van der Waals surface area (Å²) in [5.74, 6) is -1.20. The van der Waals surface area contributed by atoms with E-state index in [0.29, 0.717) is 23.6 Å². The molecular weight excluding hydrogens is 619 g/mol. The summed E-state index contributed by atoms with van der Waals surface area (Å²) in [4.78, 5) is 39.8. The Morgan fingerprint density at radius 2 is 1.77 bits per heavy atom. The number of amides is 2. The smallest absolute Gasteiger partial charge is 0.271 e. The minimum atomic E-state index is -4.19. The van der Waals surface area contributed by atoms with Crippen LogP contribution in [-0.2, 0) is 32.6 Å². The number of carbonyl (C=O) groups is 2. The number of hydrogen-bond donors (Lipinski definition) is 1. The molecular formula is C29H32Cl2N4O7S. The molecule has 0 aliphatic rings. The second kappa shape index (κ2) is 15.0. The highest BCUT2D eigenvalue weighted by molar-refractivity contribution is 7.92. The number of hydrogen-bond acceptors (Lipinski definition) is 7. The van der Waals surface area contributed by atoms with E-state index in [1.807, 2.05) is 25.1 Å². The molecule has 230 valence electrons. The third kappa shape index (κ3) is 9.06. The van der Waals surface area contributed by atoms with E-state index in [-0.39, 0.29) is 29.4 Å². The van der Waals surface area contributed by atoms with Gasteiger partial charge in [-0.1, -0.05) is 66.5 Å². The fourth-order valence-electron chi connectivity index (χ4n) is 4.34. The van der Waals surface area contributed by atoms with Crippen LogP contribution in [0.4, 0.5) is 11.4 Å². The highest BCUT2D eigenvalue weighted by Crippen LogP contribution is 2.34. The topological polar surface area (TPSA) is 139 Å². The molecule has 0 radical (unpaired) electrons. The summed E-state index contributed by atoms with van der Waals surface area (Å²) >= 11 is 12.5. The summed E-state index contributed by atoms with van der Waals surface area (Å²) in [7, 11) is -2.91. The van der Waals surface area contributed by atoms with Crippen molar-refractivity contribution < 1.29 is 27.7 Å². The third-order valence-electron chi connectivity index (χ3n) is 6.50. The standard InChI is InChI=1S/C29H32Cl2N4O7S/c1-4-14-32-29(37)26(15-20-8-6-5-7-9-20)33(18-21-10-11-22(30)16-24(21)31)28(36)19-34(43(3,40)41)25-17-23(35(38)39)12-13-27(25)42-2/h5-13,16-17,26H,4,14-15,18-19H2,1-3H3,(H,32,37). The zero-order chi connectivity index (χ0) is 31.7. The molecule has 1 unspecified atom stereocenters. The monoisotopic (exact) mass is 650 g/mol. The van der Waals surface area contributed by atoms with Gasteiger partial charge in [-0.3, -0.25) is 24.0 Å². The number of nitro benzene ring substituents is 1. The van der Waals surface area contributed by atoms with Gasteiger partial charge in [0.05, 0.1) is 18.3 Å². The lowest BCUT2D eigenvalue weighted by atomic mass is 10.0. The predicted octanol–water partition coefficient (Wildman–Crippen LogP) is 4.84. The Morgan fingerprint density at radius 1 is 1.07 bits per heavy atom. The second-order valence-corrected chi connectivity index (χ2v) is 12.4. The van der Waals surface area contributed by atoms with Gasteiger partial charge >= 0.3 is 0 Å². The Bertz CT molecular complexity index is 1570. The molecule has 1 atom stereocenters. The SMILES string of the molecule is CCCNC(=O)C(Cc1ccccc1)N(Cc1ccc(Cl)cc1Cl)C(=O)CN(c1cc([N+](=O)[O-])ccc1OC)S(C)(=O)=O. The van der Waals surface area contributed by atoms with Crippen LogP contribution in [0.1, 0.15) is 24.5 Å². The zero-order valence-electron chi connectivity index (χ0n) is 23.8. The predicted molar refractivity (Wildman–Crippen MR) is 166 cm³/mol. The summed E-state index contributed by atoms with van der Waals surface area (Å²) in [6.45, 7) is 1.30. The van der Waals surface area contributed by atoms with Gasteiger partial charge in [0.1, 0.15) is 24.0 Å². The van der Waals surface area contributed by atoms with E-state index in [1.165, 1.54) is 24.1 Å². The van der Waals surface area contributed by atoms with E-state index in [0.717, 1.165) is 28.3 Å². The first-order valence-corrected chi connectivity index (χ1v) is 15.8. The number of anilines is 1. The first-order valence-electron chi connectivity index (χ1n) is 13.2. The maximum Gasteiger partial charge on any atom is 0.271 e. The van der Waals surface area contributed by atoms with E-state index in [1.54, 1.807) is 24.3 Å². The van der Waals surface area contributed by atoms with Crippen molar-refractivity contribution in [2.75, 3.05) is 30.8 Å². The lowest BCUT2D eigenvalue weighted by Gasteiger charge is -2.34. The van der Waals surface area contributed by atoms with Gasteiger partial charge in [0.2, 0.25) is 21.8 Å². The molecule has 0 saturated heterocycles. The molecule has 0 fully saturated rings. The van der Waals surface area contributed by atoms with E-state index in [9.17, 15) is 28.1 Å². The van der Waals surface area contributed by atoms with Crippen LogP contribution in [0, 0.1) is 10.1 Å². The van der Waals surface area contributed by atoms with Gasteiger partial charge < -0.3 is 15.0 Å². The van der Waals surface area contributed by atoms with Crippen LogP contribution >= 0.6 is 23.2 Å². The Balaban J connectivity index is 2.14. The lowest BCUT2D eigenvalue weighted by Crippen LogP contribution is -2.53. The summed E-state index contributed by atoms with van der Waals surface area (Å²) < 4.78 is 32.1. The quantitative estimate of drug-likeness (QED) is 0.194. The van der Waals surface area contributed by atoms with E-state index in [4.69, 9.17) is 27.9 Å². The van der Waals surface area contributed by atoms with Crippen LogP contribution in [0.15, 0.2) is 66.7 Å². The molecule has 3 rings (SSSR count). The molecule has 0 saturated carbocycles. The molecule has 3 aromatic rings. The highest BCUT2D eigenvalue weighted by atomic mass is 35.5. The number of methoxy groups -OCH3 is 1. The highest BCUT2D eigenvalue weighted by Gasteiger charge is 2.34. The van der Waals surface area contributed by atoms with Crippen LogP contribution in [0.25, 0.3) is 0 Å². The lowest BCUT2D eigenvalue weighted by molar-refractivity contribution is -0.384. The number of sulfonamides is 1. The van der Waals surface area contributed by atoms with Gasteiger partial charge in [0.25, 0.3) is 5.69 Å². The maximum atomic E-state index is 14.2.